The molecule has 0 saturated heterocycles. The Morgan fingerprint density at radius 3 is 2.93 bits per heavy atom. The number of amides is 1. The Bertz CT molecular complexity index is 345. The van der Waals surface area contributed by atoms with Crippen molar-refractivity contribution in [2.45, 2.75) is 0 Å². The molecule has 0 fully saturated rings. The average molecular weight is 197 g/mol. The Labute approximate surface area is 80.4 Å². The van der Waals surface area contributed by atoms with Crippen LogP contribution in [0, 0.1) is 0 Å². The summed E-state index contributed by atoms with van der Waals surface area (Å²) in [7, 11) is 1.28. The van der Waals surface area contributed by atoms with Gasteiger partial charge in [-0.3, -0.25) is 4.79 Å². The summed E-state index contributed by atoms with van der Waals surface area (Å²) < 4.78 is 4.47. The summed E-state index contributed by atoms with van der Waals surface area (Å²) in [5.74, 6) is -0.807. The van der Waals surface area contributed by atoms with E-state index in [1.807, 2.05) is 0 Å². The van der Waals surface area contributed by atoms with Crippen molar-refractivity contribution in [1.29, 1.82) is 0 Å². The summed E-state index contributed by atoms with van der Waals surface area (Å²) in [5, 5.41) is 2.49. The number of aromatic nitrogens is 1. The van der Waals surface area contributed by atoms with Crippen LogP contribution < -0.4 is 11.1 Å². The van der Waals surface area contributed by atoms with E-state index in [9.17, 15) is 9.59 Å². The van der Waals surface area contributed by atoms with Gasteiger partial charge in [-0.2, -0.15) is 0 Å². The quantitative estimate of drug-likeness (QED) is 0.579. The van der Waals surface area contributed by atoms with E-state index in [2.05, 4.69) is 15.0 Å². The van der Waals surface area contributed by atoms with Crippen molar-refractivity contribution in [3.8, 4) is 0 Å². The van der Waals surface area contributed by atoms with E-state index in [4.69, 9.17) is 5.73 Å². The largest absolute Gasteiger partial charge is 0.464 e. The number of anilines is 1. The molecule has 76 valence electrons. The fraction of sp³-hybridized carbons (Fsp3) is 0.250. The number of hydrogen-bond acceptors (Lipinski definition) is 4. The van der Waals surface area contributed by atoms with Crippen LogP contribution >= 0.6 is 0 Å². The number of nitrogens with one attached hydrogen (secondary N) is 2. The third-order valence-corrected chi connectivity index (χ3v) is 1.56. The lowest BCUT2D eigenvalue weighted by Crippen LogP contribution is -2.21. The van der Waals surface area contributed by atoms with Crippen molar-refractivity contribution in [1.82, 2.24) is 4.98 Å². The topological polar surface area (TPSA) is 97.2 Å². The summed E-state index contributed by atoms with van der Waals surface area (Å²) in [6.07, 6.45) is 1.49. The maximum absolute atomic E-state index is 11.0. The Kier molecular flexibility index (Phi) is 3.24. The summed E-state index contributed by atoms with van der Waals surface area (Å²) in [5.41, 5.74) is 5.86. The van der Waals surface area contributed by atoms with Crippen LogP contribution in [0.5, 0.6) is 0 Å². The van der Waals surface area contributed by atoms with Gasteiger partial charge in [-0.25, -0.2) is 4.79 Å². The van der Waals surface area contributed by atoms with Gasteiger partial charge >= 0.3 is 5.97 Å². The van der Waals surface area contributed by atoms with Crippen LogP contribution in [0.2, 0.25) is 0 Å². The minimum Gasteiger partial charge on any atom is -0.464 e. The van der Waals surface area contributed by atoms with Gasteiger partial charge in [-0.05, 0) is 6.07 Å². The van der Waals surface area contributed by atoms with Gasteiger partial charge in [-0.15, -0.1) is 0 Å². The van der Waals surface area contributed by atoms with E-state index in [-0.39, 0.29) is 18.1 Å². The third kappa shape index (κ3) is 2.33. The zero-order chi connectivity index (χ0) is 10.6. The SMILES string of the molecule is COC(=O)c1cc(NC(=O)CN)c[nH]1. The lowest BCUT2D eigenvalue weighted by molar-refractivity contribution is -0.114. The molecule has 1 aromatic rings. The summed E-state index contributed by atoms with van der Waals surface area (Å²) >= 11 is 0. The van der Waals surface area contributed by atoms with Crippen LogP contribution in [0.3, 0.4) is 0 Å². The number of nitrogens with two attached hydrogens (primary N) is 1. The molecule has 6 heteroatoms. The van der Waals surface area contributed by atoms with Crippen molar-refractivity contribution in [3.05, 3.63) is 18.0 Å². The van der Waals surface area contributed by atoms with Gasteiger partial charge in [0.2, 0.25) is 5.91 Å². The standard InChI is InChI=1S/C8H11N3O3/c1-14-8(13)6-2-5(4-10-6)11-7(12)3-9/h2,4,10H,3,9H2,1H3,(H,11,12). The van der Waals surface area contributed by atoms with Gasteiger partial charge in [0.1, 0.15) is 5.69 Å². The van der Waals surface area contributed by atoms with E-state index >= 15 is 0 Å². The van der Waals surface area contributed by atoms with E-state index in [1.165, 1.54) is 19.4 Å². The Hall–Kier alpha value is -1.82. The maximum atomic E-state index is 11.0. The molecule has 0 atom stereocenters. The van der Waals surface area contributed by atoms with Crippen molar-refractivity contribution in [2.75, 3.05) is 19.0 Å². The van der Waals surface area contributed by atoms with Crippen molar-refractivity contribution < 1.29 is 14.3 Å². The van der Waals surface area contributed by atoms with E-state index < -0.39 is 5.97 Å². The molecular weight excluding hydrogens is 186 g/mol. The summed E-state index contributed by atoms with van der Waals surface area (Å²) in [4.78, 5) is 24.5. The lowest BCUT2D eigenvalue weighted by atomic mass is 10.4. The number of carbonyl (C=O) groups is 2. The van der Waals surface area contributed by atoms with Crippen LogP contribution in [0.25, 0.3) is 0 Å². The molecule has 0 aliphatic rings. The first-order valence-corrected chi connectivity index (χ1v) is 3.94. The molecule has 0 unspecified atom stereocenters. The molecule has 1 heterocycles. The van der Waals surface area contributed by atoms with Crippen molar-refractivity contribution in [3.63, 3.8) is 0 Å². The molecule has 4 N–H and O–H groups in total. The minimum absolute atomic E-state index is 0.0985. The van der Waals surface area contributed by atoms with Gasteiger partial charge in [0, 0.05) is 6.20 Å². The van der Waals surface area contributed by atoms with Gasteiger partial charge < -0.3 is 20.8 Å². The average Bonchev–Trinajstić information content (AvgIpc) is 2.65. The number of methoxy groups -OCH3 is 1. The number of aromatic amines is 1. The first-order chi connectivity index (χ1) is 6.67. The number of H-pyrrole nitrogens is 1. The van der Waals surface area contributed by atoms with E-state index in [0.29, 0.717) is 5.69 Å². The van der Waals surface area contributed by atoms with Crippen molar-refractivity contribution in [2.24, 2.45) is 5.73 Å². The Balaban J connectivity index is 2.68. The predicted molar refractivity (Wildman–Crippen MR) is 49.8 cm³/mol. The molecule has 0 radical (unpaired) electrons. The van der Waals surface area contributed by atoms with Crippen molar-refractivity contribution >= 4 is 17.6 Å². The number of esters is 1. The molecule has 0 saturated carbocycles. The van der Waals surface area contributed by atoms with Crippen LogP contribution in [0.4, 0.5) is 5.69 Å². The highest BCUT2D eigenvalue weighted by Crippen LogP contribution is 2.09. The van der Waals surface area contributed by atoms with Gasteiger partial charge in [0.25, 0.3) is 0 Å². The predicted octanol–water partition coefficient (Wildman–Crippen LogP) is -0.302. The highest BCUT2D eigenvalue weighted by atomic mass is 16.5. The molecule has 1 rings (SSSR count). The smallest absolute Gasteiger partial charge is 0.354 e. The molecule has 0 aliphatic heterocycles. The zero-order valence-electron chi connectivity index (χ0n) is 7.66. The van der Waals surface area contributed by atoms with Crippen LogP contribution in [-0.2, 0) is 9.53 Å². The fourth-order valence-electron chi connectivity index (χ4n) is 0.906. The van der Waals surface area contributed by atoms with Gasteiger partial charge in [-0.1, -0.05) is 0 Å². The Morgan fingerprint density at radius 2 is 2.36 bits per heavy atom. The molecule has 1 amide bonds. The Morgan fingerprint density at radius 1 is 1.64 bits per heavy atom. The fourth-order valence-corrected chi connectivity index (χ4v) is 0.906. The van der Waals surface area contributed by atoms with E-state index in [1.54, 1.807) is 0 Å². The highest BCUT2D eigenvalue weighted by molar-refractivity contribution is 5.94. The minimum atomic E-state index is -0.488. The molecular formula is C8H11N3O3. The zero-order valence-corrected chi connectivity index (χ0v) is 7.66. The van der Waals surface area contributed by atoms with Crippen LogP contribution in [0.1, 0.15) is 10.5 Å². The first-order valence-electron chi connectivity index (χ1n) is 3.94. The molecule has 14 heavy (non-hydrogen) atoms. The van der Waals surface area contributed by atoms with E-state index in [0.717, 1.165) is 0 Å². The summed E-state index contributed by atoms with van der Waals surface area (Å²) in [6.45, 7) is -0.0985. The lowest BCUT2D eigenvalue weighted by Gasteiger charge is -1.97. The molecule has 0 aliphatic carbocycles. The number of hydrogen-bond donors (Lipinski definition) is 3. The second kappa shape index (κ2) is 4.43. The first kappa shape index (κ1) is 10.3. The normalized spacial score (nSPS) is 9.57. The van der Waals surface area contributed by atoms with Crippen LogP contribution in [0.15, 0.2) is 12.3 Å². The number of rotatable bonds is 3. The number of ether oxygens (including phenoxy) is 1. The van der Waals surface area contributed by atoms with Gasteiger partial charge in [0.15, 0.2) is 0 Å². The molecule has 1 aromatic heterocycles. The number of carbonyl (C=O) groups excluding carboxylic acids is 2. The second-order valence-electron chi connectivity index (χ2n) is 2.55. The summed E-state index contributed by atoms with van der Waals surface area (Å²) in [6, 6.07) is 1.47. The molecule has 0 spiro atoms. The van der Waals surface area contributed by atoms with Crippen LogP contribution in [-0.4, -0.2) is 30.5 Å². The second-order valence-corrected chi connectivity index (χ2v) is 2.55. The van der Waals surface area contributed by atoms with Gasteiger partial charge in [0.05, 0.1) is 19.3 Å². The molecule has 0 aromatic carbocycles. The third-order valence-electron chi connectivity index (χ3n) is 1.56. The molecule has 0 bridgehead atoms. The maximum Gasteiger partial charge on any atom is 0.354 e. The molecule has 6 nitrogen and oxygen atoms in total. The highest BCUT2D eigenvalue weighted by Gasteiger charge is 2.08. The monoisotopic (exact) mass is 197 g/mol.